The summed E-state index contributed by atoms with van der Waals surface area (Å²) in [6, 6.07) is 1.52. The predicted octanol–water partition coefficient (Wildman–Crippen LogP) is 2.61. The van der Waals surface area contributed by atoms with Crippen molar-refractivity contribution in [1.29, 1.82) is 0 Å². The predicted molar refractivity (Wildman–Crippen MR) is 57.6 cm³/mol. The second kappa shape index (κ2) is 4.37. The molecule has 1 N–H and O–H groups in total. The fourth-order valence-corrected chi connectivity index (χ4v) is 3.61. The minimum atomic E-state index is 0.536. The van der Waals surface area contributed by atoms with Crippen LogP contribution < -0.4 is 5.32 Å². The van der Waals surface area contributed by atoms with E-state index in [0.29, 0.717) is 5.92 Å². The minimum absolute atomic E-state index is 0.536. The molecule has 0 aromatic heterocycles. The van der Waals surface area contributed by atoms with E-state index in [4.69, 9.17) is 23.2 Å². The highest BCUT2D eigenvalue weighted by atomic mass is 35.5. The fourth-order valence-electron chi connectivity index (χ4n) is 2.78. The molecular formula is C10H17Cl2N. The summed E-state index contributed by atoms with van der Waals surface area (Å²) in [4.78, 5) is 0. The third-order valence-corrected chi connectivity index (χ3v) is 4.37. The molecule has 2 rings (SSSR count). The Morgan fingerprint density at radius 2 is 1.62 bits per heavy atom. The van der Waals surface area contributed by atoms with Gasteiger partial charge in [-0.3, -0.25) is 0 Å². The number of hydrogen-bond donors (Lipinski definition) is 1. The Morgan fingerprint density at radius 3 is 2.08 bits per heavy atom. The summed E-state index contributed by atoms with van der Waals surface area (Å²) in [6.45, 7) is 0. The number of fused-ring (bicyclic) bond motifs is 2. The third-order valence-electron chi connectivity index (χ3n) is 3.57. The van der Waals surface area contributed by atoms with Gasteiger partial charge in [-0.1, -0.05) is 0 Å². The third kappa shape index (κ3) is 2.14. The molecule has 0 saturated carbocycles. The zero-order chi connectivity index (χ0) is 9.26. The highest BCUT2D eigenvalue weighted by Crippen LogP contribution is 2.35. The maximum absolute atomic E-state index is 5.91. The summed E-state index contributed by atoms with van der Waals surface area (Å²) in [5.74, 6) is 2.77. The molecule has 2 atom stereocenters. The molecule has 1 nitrogen and oxygen atoms in total. The molecule has 0 amide bonds. The summed E-state index contributed by atoms with van der Waals surface area (Å²) in [6.07, 6.45) is 5.30. The smallest absolute Gasteiger partial charge is 0.0265 e. The van der Waals surface area contributed by atoms with Crippen LogP contribution in [0.5, 0.6) is 0 Å². The largest absolute Gasteiger partial charge is 0.311 e. The number of nitrogens with one attached hydrogen (secondary N) is 1. The maximum Gasteiger partial charge on any atom is 0.0265 e. The lowest BCUT2D eigenvalue weighted by Crippen LogP contribution is -2.41. The van der Waals surface area contributed by atoms with Crippen LogP contribution >= 0.6 is 23.2 Å². The van der Waals surface area contributed by atoms with Crippen LogP contribution in [0, 0.1) is 11.8 Å². The number of piperidine rings is 1. The topological polar surface area (TPSA) is 12.0 Å². The molecule has 2 fully saturated rings. The van der Waals surface area contributed by atoms with Crippen LogP contribution in [-0.4, -0.2) is 23.8 Å². The quantitative estimate of drug-likeness (QED) is 0.724. The number of alkyl halides is 2. The average Bonchev–Trinajstić information content (AvgIpc) is 2.48. The van der Waals surface area contributed by atoms with E-state index in [1.54, 1.807) is 0 Å². The summed E-state index contributed by atoms with van der Waals surface area (Å²) in [5, 5.41) is 3.64. The van der Waals surface area contributed by atoms with Crippen molar-refractivity contribution in [3.63, 3.8) is 0 Å². The van der Waals surface area contributed by atoms with Crippen molar-refractivity contribution < 1.29 is 0 Å². The van der Waals surface area contributed by atoms with Gasteiger partial charge in [-0.2, -0.15) is 0 Å². The van der Waals surface area contributed by atoms with E-state index in [-0.39, 0.29) is 0 Å². The number of hydrogen-bond acceptors (Lipinski definition) is 1. The van der Waals surface area contributed by atoms with Crippen LogP contribution in [0.25, 0.3) is 0 Å². The lowest BCUT2D eigenvalue weighted by Gasteiger charge is -2.33. The first kappa shape index (κ1) is 10.1. The maximum atomic E-state index is 5.91. The van der Waals surface area contributed by atoms with Crippen molar-refractivity contribution in [2.45, 2.75) is 37.8 Å². The number of rotatable bonds is 3. The van der Waals surface area contributed by atoms with E-state index in [9.17, 15) is 0 Å². The molecule has 2 aliphatic rings. The highest BCUT2D eigenvalue weighted by molar-refractivity contribution is 6.20. The van der Waals surface area contributed by atoms with Gasteiger partial charge in [0.15, 0.2) is 0 Å². The Kier molecular flexibility index (Phi) is 3.39. The lowest BCUT2D eigenvalue weighted by atomic mass is 9.83. The molecule has 2 unspecified atom stereocenters. The number of halogens is 2. The fraction of sp³-hybridized carbons (Fsp3) is 1.00. The molecular weight excluding hydrogens is 205 g/mol. The van der Waals surface area contributed by atoms with Gasteiger partial charge in [-0.05, 0) is 37.5 Å². The van der Waals surface area contributed by atoms with Crippen LogP contribution in [-0.2, 0) is 0 Å². The first-order chi connectivity index (χ1) is 6.33. The molecule has 0 radical (unpaired) electrons. The highest BCUT2D eigenvalue weighted by Gasteiger charge is 2.36. The second-order valence-corrected chi connectivity index (χ2v) is 5.06. The Morgan fingerprint density at radius 1 is 1.08 bits per heavy atom. The van der Waals surface area contributed by atoms with E-state index in [2.05, 4.69) is 5.32 Å². The molecule has 0 aromatic carbocycles. The minimum Gasteiger partial charge on any atom is -0.311 e. The van der Waals surface area contributed by atoms with Gasteiger partial charge in [0.1, 0.15) is 0 Å². The Labute approximate surface area is 90.2 Å². The van der Waals surface area contributed by atoms with Crippen molar-refractivity contribution in [1.82, 2.24) is 5.32 Å². The van der Waals surface area contributed by atoms with Crippen molar-refractivity contribution >= 4 is 23.2 Å². The molecule has 2 heterocycles. The van der Waals surface area contributed by atoms with Gasteiger partial charge in [-0.25, -0.2) is 0 Å². The van der Waals surface area contributed by atoms with Gasteiger partial charge in [0.25, 0.3) is 0 Å². The van der Waals surface area contributed by atoms with E-state index in [1.165, 1.54) is 25.7 Å². The zero-order valence-electron chi connectivity index (χ0n) is 7.81. The molecule has 13 heavy (non-hydrogen) atoms. The Balaban J connectivity index is 1.93. The van der Waals surface area contributed by atoms with Gasteiger partial charge >= 0.3 is 0 Å². The van der Waals surface area contributed by atoms with Crippen LogP contribution in [0.1, 0.15) is 25.7 Å². The molecule has 3 heteroatoms. The lowest BCUT2D eigenvalue weighted by molar-refractivity contribution is 0.244. The Hall–Kier alpha value is 0.540. The summed E-state index contributed by atoms with van der Waals surface area (Å²) in [5.41, 5.74) is 0. The summed E-state index contributed by atoms with van der Waals surface area (Å²) < 4.78 is 0. The molecule has 0 aromatic rings. The van der Waals surface area contributed by atoms with Crippen LogP contribution in [0.3, 0.4) is 0 Å². The average molecular weight is 222 g/mol. The Bertz CT molecular complexity index is 158. The van der Waals surface area contributed by atoms with Gasteiger partial charge < -0.3 is 5.32 Å². The monoisotopic (exact) mass is 221 g/mol. The summed E-state index contributed by atoms with van der Waals surface area (Å²) >= 11 is 11.8. The SMILES string of the molecule is ClCC(CCl)C1CC2CCC(C1)N2. The van der Waals surface area contributed by atoms with Crippen molar-refractivity contribution in [3.8, 4) is 0 Å². The standard InChI is InChI=1S/C10H17Cl2N/c11-5-8(6-12)7-3-9-1-2-10(4-7)13-9/h7-10,13H,1-6H2. The van der Waals surface area contributed by atoms with Crippen LogP contribution in [0.15, 0.2) is 0 Å². The normalized spacial score (nSPS) is 38.5. The van der Waals surface area contributed by atoms with Gasteiger partial charge in [0.2, 0.25) is 0 Å². The molecule has 2 saturated heterocycles. The molecule has 2 aliphatic heterocycles. The van der Waals surface area contributed by atoms with E-state index < -0.39 is 0 Å². The molecule has 0 aliphatic carbocycles. The first-order valence-electron chi connectivity index (χ1n) is 5.21. The first-order valence-corrected chi connectivity index (χ1v) is 6.28. The van der Waals surface area contributed by atoms with Gasteiger partial charge in [0.05, 0.1) is 0 Å². The van der Waals surface area contributed by atoms with Crippen molar-refractivity contribution in [2.24, 2.45) is 11.8 Å². The van der Waals surface area contributed by atoms with Crippen LogP contribution in [0.4, 0.5) is 0 Å². The molecule has 76 valence electrons. The van der Waals surface area contributed by atoms with Crippen molar-refractivity contribution in [2.75, 3.05) is 11.8 Å². The molecule has 2 bridgehead atoms. The van der Waals surface area contributed by atoms with E-state index >= 15 is 0 Å². The zero-order valence-corrected chi connectivity index (χ0v) is 9.32. The van der Waals surface area contributed by atoms with Crippen LogP contribution in [0.2, 0.25) is 0 Å². The second-order valence-electron chi connectivity index (χ2n) is 4.44. The van der Waals surface area contributed by atoms with Crippen molar-refractivity contribution in [3.05, 3.63) is 0 Å². The van der Waals surface area contributed by atoms with E-state index in [1.807, 2.05) is 0 Å². The van der Waals surface area contributed by atoms with Gasteiger partial charge in [0, 0.05) is 23.8 Å². The van der Waals surface area contributed by atoms with Gasteiger partial charge in [-0.15, -0.1) is 23.2 Å². The van der Waals surface area contributed by atoms with E-state index in [0.717, 1.165) is 29.8 Å². The molecule has 0 spiro atoms. The summed E-state index contributed by atoms with van der Waals surface area (Å²) in [7, 11) is 0.